The molecule has 1 radical (unpaired) electrons. The molecule has 14 heteroatoms. The first-order chi connectivity index (χ1) is 27.6. The number of fused-ring (bicyclic) bond motifs is 5. The number of carbonyl (C=O) groups excluding carboxylic acids is 4. The number of aliphatic hydroxyl groups is 3. The monoisotopic (exact) mass is 848 g/mol. The maximum absolute atomic E-state index is 15.3. The molecule has 1 unspecified atom stereocenters. The third-order valence-electron chi connectivity index (χ3n) is 13.3. The molecule has 4 N–H and O–H groups in total. The molecule has 0 aromatic heterocycles. The Hall–Kier alpha value is -4.08. The van der Waals surface area contributed by atoms with Crippen LogP contribution in [0, 0.1) is 22.2 Å². The van der Waals surface area contributed by atoms with Crippen molar-refractivity contribution in [1.29, 1.82) is 0 Å². The molecular formula is C47H67BNO12. The third-order valence-corrected chi connectivity index (χ3v) is 13.3. The molecule has 2 bridgehead atoms. The number of nitrogens with one attached hydrogen (secondary N) is 1. The fourth-order valence-corrected chi connectivity index (χ4v) is 10.0. The number of amides is 1. The zero-order valence-corrected chi connectivity index (χ0v) is 35.5. The predicted molar refractivity (Wildman–Crippen MR) is 230 cm³/mol. The van der Waals surface area contributed by atoms with Gasteiger partial charge in [0, 0.05) is 23.2 Å². The first-order valence-electron chi connectivity index (χ1n) is 20.6. The minimum Gasteiger partial charge on any atom is -0.456 e. The number of benzene rings is 2. The zero-order chi connectivity index (χ0) is 43.3. The van der Waals surface area contributed by atoms with Gasteiger partial charge in [-0.05, 0) is 69.9 Å². The van der Waals surface area contributed by atoms with Gasteiger partial charge in [-0.15, -0.1) is 0 Å². The number of rotatable bonds is 11. The summed E-state index contributed by atoms with van der Waals surface area (Å²) in [4.78, 5) is 56.7. The molecule has 2 aromatic rings. The molecule has 0 spiro atoms. The number of ketones is 1. The van der Waals surface area contributed by atoms with Crippen LogP contribution in [0.4, 0.5) is 4.79 Å². The molecular weight excluding hydrogens is 781 g/mol. The summed E-state index contributed by atoms with van der Waals surface area (Å²) < 4.78 is 30.6. The summed E-state index contributed by atoms with van der Waals surface area (Å²) >= 11 is 0. The van der Waals surface area contributed by atoms with E-state index < -0.39 is 99.8 Å². The molecule has 6 rings (SSSR count). The molecule has 3 fully saturated rings. The largest absolute Gasteiger partial charge is 0.456 e. The van der Waals surface area contributed by atoms with Gasteiger partial charge in [-0.25, -0.2) is 14.4 Å². The number of hydrogen-bond donors (Lipinski definition) is 4. The van der Waals surface area contributed by atoms with Crippen molar-refractivity contribution >= 4 is 31.3 Å². The number of alkyl carbamates (subject to hydrolysis) is 1. The second kappa shape index (κ2) is 18.3. The van der Waals surface area contributed by atoms with Gasteiger partial charge >= 0.3 is 18.0 Å². The van der Waals surface area contributed by atoms with Crippen LogP contribution in [-0.2, 0) is 33.2 Å². The molecule has 2 aromatic carbocycles. The maximum atomic E-state index is 15.3. The van der Waals surface area contributed by atoms with Gasteiger partial charge in [-0.3, -0.25) is 4.79 Å². The highest BCUT2D eigenvalue weighted by Gasteiger charge is 2.75. The number of Topliss-reactive ketones (excluding diaryl/α,β-unsaturated/α-hetero) is 1. The van der Waals surface area contributed by atoms with E-state index in [0.717, 1.165) is 6.42 Å². The quantitative estimate of drug-likeness (QED) is 0.0617. The molecule has 4 aliphatic rings. The van der Waals surface area contributed by atoms with Crippen molar-refractivity contribution < 1.29 is 58.1 Å². The lowest BCUT2D eigenvalue weighted by atomic mass is 9.42. The summed E-state index contributed by atoms with van der Waals surface area (Å²) in [6.45, 7) is 15.8. The topological polar surface area (TPSA) is 187 Å². The van der Waals surface area contributed by atoms with Gasteiger partial charge in [-0.2, -0.15) is 0 Å². The van der Waals surface area contributed by atoms with Crippen LogP contribution in [0.15, 0.2) is 71.8 Å². The first-order valence-corrected chi connectivity index (χ1v) is 20.6. The Balaban J connectivity index is 0.00000410. The van der Waals surface area contributed by atoms with E-state index in [1.54, 1.807) is 117 Å². The van der Waals surface area contributed by atoms with E-state index in [-0.39, 0.29) is 44.6 Å². The van der Waals surface area contributed by atoms with Crippen molar-refractivity contribution in [2.24, 2.45) is 22.2 Å². The van der Waals surface area contributed by atoms with Gasteiger partial charge in [0.25, 0.3) is 7.48 Å². The van der Waals surface area contributed by atoms with E-state index >= 15 is 4.79 Å². The lowest BCUT2D eigenvalue weighted by Crippen LogP contribution is -2.78. The Bertz CT molecular complexity index is 1930. The maximum Gasteiger partial charge on any atom is 0.408 e. The third kappa shape index (κ3) is 8.80. The zero-order valence-electron chi connectivity index (χ0n) is 35.5. The summed E-state index contributed by atoms with van der Waals surface area (Å²) in [5.74, 6) is -3.46. The highest BCUT2D eigenvalue weighted by Crippen LogP contribution is 2.66. The Kier molecular flexibility index (Phi) is 14.9. The van der Waals surface area contributed by atoms with E-state index in [0.29, 0.717) is 18.3 Å². The van der Waals surface area contributed by atoms with Gasteiger partial charge < -0.3 is 44.2 Å². The van der Waals surface area contributed by atoms with Crippen LogP contribution < -0.4 is 5.32 Å². The molecule has 1 aliphatic heterocycles. The number of esters is 2. The van der Waals surface area contributed by atoms with E-state index in [1.165, 1.54) is 0 Å². The van der Waals surface area contributed by atoms with Crippen LogP contribution in [0.1, 0.15) is 118 Å². The van der Waals surface area contributed by atoms with Gasteiger partial charge in [0.05, 0.1) is 35.8 Å². The normalized spacial score (nSPS) is 32.3. The minimum absolute atomic E-state index is 0. The minimum atomic E-state index is -2.11. The second-order valence-electron chi connectivity index (χ2n) is 18.6. The summed E-state index contributed by atoms with van der Waals surface area (Å²) in [6.07, 6.45) is -7.33. The molecule has 1 amide bonds. The SMILES string of the molecule is C.C.CCC[B]OC1C[C@H]2OC[C@@]2(C)[C@H]2[C@H](OC(=O)c3ccccc3)[C@]3(O)C[C@H](OC(=O)[C@H](O)[C@@H](NC(=O)OC(C)(C)C)c4ccccc4)C(C)=C([C@@H](O)C(=O)[C@]12C)C3(C)C. The summed E-state index contributed by atoms with van der Waals surface area (Å²) in [7, 11) is 1.66. The van der Waals surface area contributed by atoms with Crippen molar-refractivity contribution in [3.8, 4) is 0 Å². The lowest BCUT2D eigenvalue weighted by molar-refractivity contribution is -0.311. The fraction of sp³-hybridized carbons (Fsp3) is 0.617. The van der Waals surface area contributed by atoms with Crippen LogP contribution in [0.5, 0.6) is 0 Å². The molecule has 13 nitrogen and oxygen atoms in total. The second-order valence-corrected chi connectivity index (χ2v) is 18.6. The van der Waals surface area contributed by atoms with Gasteiger partial charge in [0.2, 0.25) is 0 Å². The molecule has 335 valence electrons. The smallest absolute Gasteiger partial charge is 0.408 e. The molecule has 61 heavy (non-hydrogen) atoms. The number of carbonyl (C=O) groups is 4. The summed E-state index contributed by atoms with van der Waals surface area (Å²) in [5.41, 5.74) is -5.82. The van der Waals surface area contributed by atoms with Crippen LogP contribution >= 0.6 is 0 Å². The number of ether oxygens (including phenoxy) is 4. The van der Waals surface area contributed by atoms with Crippen LogP contribution in [0.25, 0.3) is 0 Å². The fourth-order valence-electron chi connectivity index (χ4n) is 10.0. The highest BCUT2D eigenvalue weighted by molar-refractivity contribution is 6.27. The summed E-state index contributed by atoms with van der Waals surface area (Å²) in [6, 6.07) is 15.4. The highest BCUT2D eigenvalue weighted by atomic mass is 16.6. The van der Waals surface area contributed by atoms with Crippen LogP contribution in [0.2, 0.25) is 6.32 Å². The van der Waals surface area contributed by atoms with Crippen molar-refractivity contribution in [2.45, 2.75) is 157 Å². The Morgan fingerprint density at radius 1 is 0.984 bits per heavy atom. The average Bonchev–Trinajstić information content (AvgIpc) is 3.17. The van der Waals surface area contributed by atoms with E-state index in [2.05, 4.69) is 5.32 Å². The molecule has 2 saturated carbocycles. The molecule has 1 heterocycles. The predicted octanol–water partition coefficient (Wildman–Crippen LogP) is 6.71. The van der Waals surface area contributed by atoms with Crippen LogP contribution in [0.3, 0.4) is 0 Å². The molecule has 11 atom stereocenters. The van der Waals surface area contributed by atoms with E-state index in [4.69, 9.17) is 23.6 Å². The van der Waals surface area contributed by atoms with Gasteiger partial charge in [0.15, 0.2) is 11.9 Å². The van der Waals surface area contributed by atoms with E-state index in [1.807, 2.05) is 13.8 Å². The molecule has 3 aliphatic carbocycles. The first kappa shape index (κ1) is 49.6. The van der Waals surface area contributed by atoms with Crippen molar-refractivity contribution in [2.75, 3.05) is 6.61 Å². The number of aliphatic hydroxyl groups excluding tert-OH is 2. The lowest BCUT2D eigenvalue weighted by Gasteiger charge is -2.68. The summed E-state index contributed by atoms with van der Waals surface area (Å²) in [5, 5.41) is 40.2. The Morgan fingerprint density at radius 2 is 1.59 bits per heavy atom. The van der Waals surface area contributed by atoms with Crippen molar-refractivity contribution in [3.63, 3.8) is 0 Å². The van der Waals surface area contributed by atoms with Gasteiger partial charge in [0.1, 0.15) is 29.5 Å². The number of hydrogen-bond acceptors (Lipinski definition) is 12. The van der Waals surface area contributed by atoms with Crippen molar-refractivity contribution in [1.82, 2.24) is 5.32 Å². The van der Waals surface area contributed by atoms with Gasteiger partial charge in [-0.1, -0.05) is 104 Å². The standard InChI is InChI=1S/C45H59BNO12.2CH4/c1-10-21-46-59-30-22-29-43(8,24-55-29)35-37(57-38(51)27-19-15-12-16-20-27)45(54)23-28(25(2)31(42(45,6)7)33(48)36(50)44(30,35)9)56-39(52)34(49)32(26-17-13-11-14-18-26)47-40(53)58-41(3,4)5;;/h11-20,28-30,32-35,37,48-49,54H,10,21-24H2,1-9H3,(H,47,53);2*1H4/t28-,29+,30?,32-,33+,34+,35+,37-,43+,44+,45+;;/m0../s1. The van der Waals surface area contributed by atoms with Crippen molar-refractivity contribution in [3.05, 3.63) is 82.9 Å². The van der Waals surface area contributed by atoms with E-state index in [9.17, 15) is 29.7 Å². The van der Waals surface area contributed by atoms with Crippen LogP contribution in [-0.4, -0.2) is 101 Å². The Labute approximate surface area is 362 Å². The average molecular weight is 849 g/mol. The molecule has 1 saturated heterocycles. The Morgan fingerprint density at radius 3 is 2.15 bits per heavy atom.